The first-order chi connectivity index (χ1) is 8.07. The number of aliphatic hydroxyl groups excluding tert-OH is 1. The van der Waals surface area contributed by atoms with Crippen LogP contribution in [-0.4, -0.2) is 17.8 Å². The van der Waals surface area contributed by atoms with E-state index >= 15 is 0 Å². The molecule has 0 aromatic heterocycles. The number of aliphatic hydroxyl groups is 1. The average Bonchev–Trinajstić information content (AvgIpc) is 2.34. The Hall–Kier alpha value is 0.01000. The van der Waals surface area contributed by atoms with Gasteiger partial charge in [0, 0.05) is 12.0 Å². The topological polar surface area (TPSA) is 46.2 Å². The first-order valence-electron chi connectivity index (χ1n) is 5.91. The Kier molecular flexibility index (Phi) is 5.75. The summed E-state index contributed by atoms with van der Waals surface area (Å²) in [5.74, 6) is 0. The minimum atomic E-state index is -0.183. The highest BCUT2D eigenvalue weighted by Gasteiger charge is 2.35. The van der Waals surface area contributed by atoms with E-state index in [4.69, 9.17) is 28.9 Å². The molecule has 0 bridgehead atoms. The van der Waals surface area contributed by atoms with Crippen LogP contribution in [-0.2, 0) is 5.41 Å². The summed E-state index contributed by atoms with van der Waals surface area (Å²) < 4.78 is 0. The molecule has 1 saturated carbocycles. The van der Waals surface area contributed by atoms with Gasteiger partial charge in [-0.25, -0.2) is 0 Å². The highest BCUT2D eigenvalue weighted by Crippen LogP contribution is 2.40. The van der Waals surface area contributed by atoms with Crippen LogP contribution in [0.2, 0.25) is 10.0 Å². The zero-order chi connectivity index (χ0) is 12.5. The van der Waals surface area contributed by atoms with Gasteiger partial charge in [0.05, 0.1) is 16.1 Å². The third kappa shape index (κ3) is 3.12. The van der Waals surface area contributed by atoms with Gasteiger partial charge in [-0.05, 0) is 43.4 Å². The van der Waals surface area contributed by atoms with Crippen molar-refractivity contribution in [3.8, 4) is 0 Å². The van der Waals surface area contributed by atoms with Crippen LogP contribution >= 0.6 is 35.6 Å². The molecule has 0 amide bonds. The first-order valence-corrected chi connectivity index (χ1v) is 6.67. The van der Waals surface area contributed by atoms with Gasteiger partial charge in [0.15, 0.2) is 0 Å². The zero-order valence-electron chi connectivity index (χ0n) is 10.0. The summed E-state index contributed by atoms with van der Waals surface area (Å²) >= 11 is 12.0. The fraction of sp³-hybridized carbons (Fsp3) is 0.538. The molecule has 102 valence electrons. The summed E-state index contributed by atoms with van der Waals surface area (Å²) in [5, 5.41) is 10.7. The lowest BCUT2D eigenvalue weighted by Gasteiger charge is -2.38. The molecule has 0 aliphatic heterocycles. The highest BCUT2D eigenvalue weighted by molar-refractivity contribution is 6.42. The van der Waals surface area contributed by atoms with Crippen molar-refractivity contribution in [1.82, 2.24) is 0 Å². The van der Waals surface area contributed by atoms with Gasteiger partial charge in [0.1, 0.15) is 0 Å². The second-order valence-electron chi connectivity index (χ2n) is 4.84. The van der Waals surface area contributed by atoms with Crippen molar-refractivity contribution in [2.45, 2.75) is 37.2 Å². The summed E-state index contributed by atoms with van der Waals surface area (Å²) in [7, 11) is 0. The molecule has 0 spiro atoms. The summed E-state index contributed by atoms with van der Waals surface area (Å²) in [4.78, 5) is 0. The second-order valence-corrected chi connectivity index (χ2v) is 5.66. The van der Waals surface area contributed by atoms with Crippen molar-refractivity contribution in [3.63, 3.8) is 0 Å². The Morgan fingerprint density at radius 1 is 1.22 bits per heavy atom. The van der Waals surface area contributed by atoms with Gasteiger partial charge >= 0.3 is 0 Å². The molecular weight excluding hydrogens is 293 g/mol. The largest absolute Gasteiger partial charge is 0.393 e. The van der Waals surface area contributed by atoms with E-state index in [-0.39, 0.29) is 23.9 Å². The third-order valence-electron chi connectivity index (χ3n) is 3.83. The van der Waals surface area contributed by atoms with Crippen LogP contribution in [0.4, 0.5) is 0 Å². The van der Waals surface area contributed by atoms with Crippen molar-refractivity contribution in [1.29, 1.82) is 0 Å². The number of benzene rings is 1. The second kappa shape index (κ2) is 6.44. The maximum atomic E-state index is 9.59. The van der Waals surface area contributed by atoms with Crippen molar-refractivity contribution in [2.75, 3.05) is 6.54 Å². The highest BCUT2D eigenvalue weighted by atomic mass is 35.5. The lowest BCUT2D eigenvalue weighted by atomic mass is 9.69. The molecule has 1 aromatic carbocycles. The van der Waals surface area contributed by atoms with E-state index in [0.717, 1.165) is 31.2 Å². The Balaban J connectivity index is 0.00000162. The van der Waals surface area contributed by atoms with E-state index < -0.39 is 0 Å². The lowest BCUT2D eigenvalue weighted by molar-refractivity contribution is 0.0975. The van der Waals surface area contributed by atoms with Gasteiger partial charge in [0.25, 0.3) is 0 Å². The fourth-order valence-corrected chi connectivity index (χ4v) is 2.89. The van der Waals surface area contributed by atoms with Crippen LogP contribution in [0.25, 0.3) is 0 Å². The van der Waals surface area contributed by atoms with E-state index in [1.165, 1.54) is 0 Å². The summed E-state index contributed by atoms with van der Waals surface area (Å²) in [6.07, 6.45) is 3.23. The molecule has 0 heterocycles. The molecule has 0 atom stereocenters. The molecule has 0 unspecified atom stereocenters. The van der Waals surface area contributed by atoms with Crippen LogP contribution in [0.1, 0.15) is 31.2 Å². The molecule has 18 heavy (non-hydrogen) atoms. The van der Waals surface area contributed by atoms with E-state index in [0.29, 0.717) is 16.6 Å². The molecule has 2 rings (SSSR count). The van der Waals surface area contributed by atoms with Crippen molar-refractivity contribution in [2.24, 2.45) is 5.73 Å². The monoisotopic (exact) mass is 309 g/mol. The Bertz CT molecular complexity index is 403. The fourth-order valence-electron chi connectivity index (χ4n) is 2.59. The SMILES string of the molecule is Cl.NCC1(c2ccc(Cl)c(Cl)c2)CCC(O)CC1. The van der Waals surface area contributed by atoms with Crippen molar-refractivity contribution in [3.05, 3.63) is 33.8 Å². The van der Waals surface area contributed by atoms with E-state index in [2.05, 4.69) is 0 Å². The Morgan fingerprint density at radius 3 is 2.33 bits per heavy atom. The average molecular weight is 311 g/mol. The van der Waals surface area contributed by atoms with Crippen LogP contribution < -0.4 is 5.73 Å². The molecule has 1 aromatic rings. The molecule has 0 radical (unpaired) electrons. The van der Waals surface area contributed by atoms with E-state index in [9.17, 15) is 5.11 Å². The number of hydrogen-bond donors (Lipinski definition) is 2. The van der Waals surface area contributed by atoms with E-state index in [1.807, 2.05) is 18.2 Å². The van der Waals surface area contributed by atoms with Crippen LogP contribution in [0, 0.1) is 0 Å². The molecule has 5 heteroatoms. The van der Waals surface area contributed by atoms with Crippen LogP contribution in [0.5, 0.6) is 0 Å². The molecule has 2 nitrogen and oxygen atoms in total. The normalized spacial score (nSPS) is 27.7. The van der Waals surface area contributed by atoms with Crippen LogP contribution in [0.15, 0.2) is 18.2 Å². The van der Waals surface area contributed by atoms with Crippen molar-refractivity contribution >= 4 is 35.6 Å². The molecular formula is C13H18Cl3NO. The minimum Gasteiger partial charge on any atom is -0.393 e. The van der Waals surface area contributed by atoms with Gasteiger partial charge in [-0.3, -0.25) is 0 Å². The predicted octanol–water partition coefficient (Wildman–Crippen LogP) is 3.55. The van der Waals surface area contributed by atoms with E-state index in [1.54, 1.807) is 0 Å². The number of rotatable bonds is 2. The smallest absolute Gasteiger partial charge is 0.0595 e. The number of halogens is 3. The maximum absolute atomic E-state index is 9.59. The molecule has 1 fully saturated rings. The Morgan fingerprint density at radius 2 is 1.83 bits per heavy atom. The van der Waals surface area contributed by atoms with Gasteiger partial charge in [-0.15, -0.1) is 12.4 Å². The predicted molar refractivity (Wildman–Crippen MR) is 78.9 cm³/mol. The zero-order valence-corrected chi connectivity index (χ0v) is 12.4. The lowest BCUT2D eigenvalue weighted by Crippen LogP contribution is -2.40. The standard InChI is InChI=1S/C13H17Cl2NO.ClH/c14-11-2-1-9(7-12(11)15)13(8-16)5-3-10(17)4-6-13;/h1-2,7,10,17H,3-6,8,16H2;1H. The number of nitrogens with two attached hydrogens (primary N) is 1. The quantitative estimate of drug-likeness (QED) is 0.877. The molecule has 0 saturated heterocycles. The van der Waals surface area contributed by atoms with Gasteiger partial charge in [-0.2, -0.15) is 0 Å². The maximum Gasteiger partial charge on any atom is 0.0595 e. The molecule has 1 aliphatic rings. The van der Waals surface area contributed by atoms with Gasteiger partial charge in [0.2, 0.25) is 0 Å². The minimum absolute atomic E-state index is 0. The summed E-state index contributed by atoms with van der Waals surface area (Å²) in [5.41, 5.74) is 7.04. The first kappa shape index (κ1) is 16.1. The molecule has 3 N–H and O–H groups in total. The Labute approximate surface area is 124 Å². The van der Waals surface area contributed by atoms with Crippen LogP contribution in [0.3, 0.4) is 0 Å². The summed E-state index contributed by atoms with van der Waals surface area (Å²) in [6, 6.07) is 5.73. The number of hydrogen-bond acceptors (Lipinski definition) is 2. The third-order valence-corrected chi connectivity index (χ3v) is 4.57. The van der Waals surface area contributed by atoms with Crippen molar-refractivity contribution < 1.29 is 5.11 Å². The van der Waals surface area contributed by atoms with Gasteiger partial charge in [-0.1, -0.05) is 29.3 Å². The summed E-state index contributed by atoms with van der Waals surface area (Å²) in [6.45, 7) is 0.581. The van der Waals surface area contributed by atoms with Gasteiger partial charge < -0.3 is 10.8 Å². The molecule has 1 aliphatic carbocycles.